The molecule has 2 aromatic carbocycles. The van der Waals surface area contributed by atoms with Crippen LogP contribution in [0.3, 0.4) is 0 Å². The SMILES string of the molecule is N#Cc1ccccc1-c1ccc2[nH]nc(-c3cncc(N4CCC(N)CC4)n3)c2c1. The minimum atomic E-state index is 0.266. The van der Waals surface area contributed by atoms with E-state index < -0.39 is 0 Å². The Bertz CT molecular complexity index is 1250. The van der Waals surface area contributed by atoms with E-state index in [1.54, 1.807) is 12.4 Å². The Kier molecular flexibility index (Phi) is 4.62. The summed E-state index contributed by atoms with van der Waals surface area (Å²) in [5.74, 6) is 0.849. The van der Waals surface area contributed by atoms with Gasteiger partial charge in [0.1, 0.15) is 17.2 Å². The third kappa shape index (κ3) is 3.27. The first-order valence-corrected chi connectivity index (χ1v) is 10.0. The van der Waals surface area contributed by atoms with Crippen molar-refractivity contribution in [3.05, 3.63) is 60.4 Å². The molecule has 0 spiro atoms. The highest BCUT2D eigenvalue weighted by molar-refractivity contribution is 5.95. The number of anilines is 1. The second-order valence-corrected chi connectivity index (χ2v) is 7.58. The minimum Gasteiger partial charge on any atom is -0.355 e. The van der Waals surface area contributed by atoms with Gasteiger partial charge >= 0.3 is 0 Å². The molecule has 0 amide bonds. The average molecular weight is 395 g/mol. The fourth-order valence-electron chi connectivity index (χ4n) is 3.96. The molecule has 0 atom stereocenters. The summed E-state index contributed by atoms with van der Waals surface area (Å²) in [6.07, 6.45) is 5.45. The predicted molar refractivity (Wildman–Crippen MR) is 117 cm³/mol. The summed E-state index contributed by atoms with van der Waals surface area (Å²) in [5.41, 5.74) is 10.9. The second kappa shape index (κ2) is 7.58. The third-order valence-corrected chi connectivity index (χ3v) is 5.65. The first-order valence-electron chi connectivity index (χ1n) is 10.0. The van der Waals surface area contributed by atoms with E-state index in [4.69, 9.17) is 10.7 Å². The molecular formula is C23H21N7. The van der Waals surface area contributed by atoms with Gasteiger partial charge < -0.3 is 10.6 Å². The highest BCUT2D eigenvalue weighted by atomic mass is 15.2. The van der Waals surface area contributed by atoms with Crippen molar-refractivity contribution >= 4 is 16.7 Å². The smallest absolute Gasteiger partial charge is 0.147 e. The van der Waals surface area contributed by atoms with E-state index in [1.807, 2.05) is 36.4 Å². The summed E-state index contributed by atoms with van der Waals surface area (Å²) >= 11 is 0. The zero-order chi connectivity index (χ0) is 20.5. The standard InChI is InChI=1S/C23H21N7/c24-12-16-3-1-2-4-18(16)15-5-6-20-19(11-15)23(29-28-20)21-13-26-14-22(27-21)30-9-7-17(25)8-10-30/h1-6,11,13-14,17H,7-10,25H2,(H,28,29). The predicted octanol–water partition coefficient (Wildman–Crippen LogP) is 3.49. The summed E-state index contributed by atoms with van der Waals surface area (Å²) in [7, 11) is 0. The lowest BCUT2D eigenvalue weighted by atomic mass is 9.98. The van der Waals surface area contributed by atoms with Gasteiger partial charge in [0.2, 0.25) is 0 Å². The Morgan fingerprint density at radius 2 is 1.93 bits per heavy atom. The van der Waals surface area contributed by atoms with Crippen LogP contribution in [0.15, 0.2) is 54.9 Å². The summed E-state index contributed by atoms with van der Waals surface area (Å²) < 4.78 is 0. The van der Waals surface area contributed by atoms with Crippen LogP contribution in [0.4, 0.5) is 5.82 Å². The van der Waals surface area contributed by atoms with Crippen molar-refractivity contribution in [2.45, 2.75) is 18.9 Å². The number of hydrogen-bond acceptors (Lipinski definition) is 6. The van der Waals surface area contributed by atoms with E-state index in [0.29, 0.717) is 5.56 Å². The van der Waals surface area contributed by atoms with Gasteiger partial charge in [0, 0.05) is 24.5 Å². The lowest BCUT2D eigenvalue weighted by Gasteiger charge is -2.30. The number of fused-ring (bicyclic) bond motifs is 1. The van der Waals surface area contributed by atoms with Gasteiger partial charge in [-0.3, -0.25) is 10.1 Å². The first kappa shape index (κ1) is 18.3. The van der Waals surface area contributed by atoms with Crippen LogP contribution in [-0.2, 0) is 0 Å². The number of aromatic amines is 1. The van der Waals surface area contributed by atoms with Gasteiger partial charge in [-0.05, 0) is 42.2 Å². The van der Waals surface area contributed by atoms with Crippen molar-refractivity contribution in [1.29, 1.82) is 5.26 Å². The maximum atomic E-state index is 9.46. The van der Waals surface area contributed by atoms with Gasteiger partial charge in [0.25, 0.3) is 0 Å². The molecule has 0 aliphatic carbocycles. The number of hydrogen-bond donors (Lipinski definition) is 2. The quantitative estimate of drug-likeness (QED) is 0.550. The van der Waals surface area contributed by atoms with Gasteiger partial charge in [-0.15, -0.1) is 0 Å². The topological polar surface area (TPSA) is 108 Å². The zero-order valence-corrected chi connectivity index (χ0v) is 16.4. The van der Waals surface area contributed by atoms with Crippen LogP contribution >= 0.6 is 0 Å². The van der Waals surface area contributed by atoms with Crippen molar-refractivity contribution in [1.82, 2.24) is 20.2 Å². The van der Waals surface area contributed by atoms with E-state index in [0.717, 1.165) is 65.2 Å². The number of nitrogens with two attached hydrogens (primary N) is 1. The Morgan fingerprint density at radius 1 is 1.10 bits per heavy atom. The Labute approximate surface area is 174 Å². The minimum absolute atomic E-state index is 0.266. The molecule has 1 fully saturated rings. The number of aromatic nitrogens is 4. The molecule has 0 bridgehead atoms. The molecule has 7 heteroatoms. The highest BCUT2D eigenvalue weighted by Crippen LogP contribution is 2.31. The number of H-pyrrole nitrogens is 1. The summed E-state index contributed by atoms with van der Waals surface area (Å²) in [4.78, 5) is 11.5. The summed E-state index contributed by atoms with van der Waals surface area (Å²) in [6, 6.07) is 16.2. The van der Waals surface area contributed by atoms with E-state index in [1.165, 1.54) is 0 Å². The van der Waals surface area contributed by atoms with Crippen LogP contribution in [0.5, 0.6) is 0 Å². The van der Waals surface area contributed by atoms with E-state index >= 15 is 0 Å². The number of nitriles is 1. The molecule has 30 heavy (non-hydrogen) atoms. The molecule has 5 rings (SSSR count). The molecule has 3 heterocycles. The van der Waals surface area contributed by atoms with Gasteiger partial charge in [-0.25, -0.2) is 4.98 Å². The van der Waals surface area contributed by atoms with Gasteiger partial charge in [-0.1, -0.05) is 24.3 Å². The van der Waals surface area contributed by atoms with E-state index in [9.17, 15) is 5.26 Å². The molecule has 2 aromatic heterocycles. The van der Waals surface area contributed by atoms with Crippen LogP contribution in [0.25, 0.3) is 33.4 Å². The maximum Gasteiger partial charge on any atom is 0.147 e. The van der Waals surface area contributed by atoms with Crippen LogP contribution in [-0.4, -0.2) is 39.3 Å². The average Bonchev–Trinajstić information content (AvgIpc) is 3.23. The fourth-order valence-corrected chi connectivity index (χ4v) is 3.96. The molecule has 7 nitrogen and oxygen atoms in total. The Balaban J connectivity index is 1.55. The molecule has 0 radical (unpaired) electrons. The monoisotopic (exact) mass is 395 g/mol. The van der Waals surface area contributed by atoms with Crippen molar-refractivity contribution in [2.24, 2.45) is 5.73 Å². The highest BCUT2D eigenvalue weighted by Gasteiger charge is 2.19. The van der Waals surface area contributed by atoms with Crippen LogP contribution in [0, 0.1) is 11.3 Å². The number of piperidine rings is 1. The molecule has 3 N–H and O–H groups in total. The normalized spacial score (nSPS) is 14.7. The molecule has 4 aromatic rings. The molecule has 0 saturated carbocycles. The summed E-state index contributed by atoms with van der Waals surface area (Å²) in [5, 5.41) is 18.0. The van der Waals surface area contributed by atoms with Crippen molar-refractivity contribution in [3.63, 3.8) is 0 Å². The van der Waals surface area contributed by atoms with Gasteiger partial charge in [0.05, 0.1) is 29.5 Å². The molecule has 1 aliphatic rings. The van der Waals surface area contributed by atoms with Gasteiger partial charge in [-0.2, -0.15) is 10.4 Å². The van der Waals surface area contributed by atoms with Crippen LogP contribution in [0.1, 0.15) is 18.4 Å². The Morgan fingerprint density at radius 3 is 2.77 bits per heavy atom. The summed E-state index contributed by atoms with van der Waals surface area (Å²) in [6.45, 7) is 1.77. The zero-order valence-electron chi connectivity index (χ0n) is 16.4. The lowest BCUT2D eigenvalue weighted by molar-refractivity contribution is 0.498. The largest absolute Gasteiger partial charge is 0.355 e. The Hall–Kier alpha value is -3.76. The molecule has 148 valence electrons. The van der Waals surface area contributed by atoms with Crippen molar-refractivity contribution in [3.8, 4) is 28.6 Å². The van der Waals surface area contributed by atoms with Gasteiger partial charge in [0.15, 0.2) is 0 Å². The van der Waals surface area contributed by atoms with Crippen molar-refractivity contribution in [2.75, 3.05) is 18.0 Å². The van der Waals surface area contributed by atoms with Crippen LogP contribution < -0.4 is 10.6 Å². The van der Waals surface area contributed by atoms with E-state index in [-0.39, 0.29) is 6.04 Å². The first-order chi connectivity index (χ1) is 14.7. The molecular weight excluding hydrogens is 374 g/mol. The molecule has 0 unspecified atom stereocenters. The number of rotatable bonds is 3. The molecule has 1 saturated heterocycles. The fraction of sp³-hybridized carbons (Fsp3) is 0.217. The second-order valence-electron chi connectivity index (χ2n) is 7.58. The number of benzene rings is 2. The number of nitrogens with one attached hydrogen (secondary N) is 1. The van der Waals surface area contributed by atoms with Crippen LogP contribution in [0.2, 0.25) is 0 Å². The lowest BCUT2D eigenvalue weighted by Crippen LogP contribution is -2.40. The third-order valence-electron chi connectivity index (χ3n) is 5.65. The molecule has 1 aliphatic heterocycles. The number of nitrogens with zero attached hydrogens (tertiary/aromatic N) is 5. The maximum absolute atomic E-state index is 9.46. The van der Waals surface area contributed by atoms with E-state index in [2.05, 4.69) is 32.2 Å². The van der Waals surface area contributed by atoms with Crippen molar-refractivity contribution < 1.29 is 0 Å².